The first-order valence-electron chi connectivity index (χ1n) is 9.20. The van der Waals surface area contributed by atoms with E-state index >= 15 is 0 Å². The number of carbonyl (C=O) groups excluding carboxylic acids is 3. The molecule has 0 aromatic heterocycles. The maximum Gasteiger partial charge on any atom is 0.328 e. The molecule has 0 unspecified atom stereocenters. The second kappa shape index (κ2) is 11.1. The molecule has 0 spiro atoms. The largest absolute Gasteiger partial charge is 0.467 e. The fourth-order valence-electron chi connectivity index (χ4n) is 2.87. The summed E-state index contributed by atoms with van der Waals surface area (Å²) in [6, 6.07) is -1.35. The standard InChI is InChI=1S/C18H32N2O5/c1-5-7-14(18(23)24-4)19-17(22)15(12(3)6-2)20-16(21)13-8-10-25-11-9-13/h12-15H,5-11H2,1-4H3,(H,19,22)(H,20,21)/t12-,14-,15-/m0/s1. The summed E-state index contributed by atoms with van der Waals surface area (Å²) in [7, 11) is 1.30. The highest BCUT2D eigenvalue weighted by Crippen LogP contribution is 2.17. The van der Waals surface area contributed by atoms with Crippen LogP contribution in [0.2, 0.25) is 0 Å². The first-order valence-corrected chi connectivity index (χ1v) is 9.20. The van der Waals surface area contributed by atoms with Crippen molar-refractivity contribution in [3.05, 3.63) is 0 Å². The number of esters is 1. The summed E-state index contributed by atoms with van der Waals surface area (Å²) in [6.07, 6.45) is 3.31. The molecule has 0 aromatic carbocycles. The van der Waals surface area contributed by atoms with Crippen LogP contribution in [0.5, 0.6) is 0 Å². The van der Waals surface area contributed by atoms with Crippen LogP contribution in [-0.4, -0.2) is 50.2 Å². The van der Waals surface area contributed by atoms with Gasteiger partial charge < -0.3 is 20.1 Å². The van der Waals surface area contributed by atoms with Crippen molar-refractivity contribution < 1.29 is 23.9 Å². The third-order valence-electron chi connectivity index (χ3n) is 4.76. The van der Waals surface area contributed by atoms with Crippen LogP contribution in [0.15, 0.2) is 0 Å². The molecular formula is C18H32N2O5. The molecule has 2 N–H and O–H groups in total. The van der Waals surface area contributed by atoms with E-state index in [1.54, 1.807) is 0 Å². The van der Waals surface area contributed by atoms with Gasteiger partial charge in [0.15, 0.2) is 0 Å². The zero-order valence-electron chi connectivity index (χ0n) is 15.8. The molecule has 7 heteroatoms. The minimum absolute atomic E-state index is 0.0382. The van der Waals surface area contributed by atoms with Crippen LogP contribution in [0.4, 0.5) is 0 Å². The molecule has 1 aliphatic heterocycles. The number of carbonyl (C=O) groups is 3. The summed E-state index contributed by atoms with van der Waals surface area (Å²) < 4.78 is 10.0. The van der Waals surface area contributed by atoms with Crippen molar-refractivity contribution in [1.29, 1.82) is 0 Å². The van der Waals surface area contributed by atoms with E-state index < -0.39 is 18.1 Å². The van der Waals surface area contributed by atoms with Gasteiger partial charge in [-0.15, -0.1) is 0 Å². The van der Waals surface area contributed by atoms with Crippen molar-refractivity contribution in [1.82, 2.24) is 10.6 Å². The van der Waals surface area contributed by atoms with Crippen LogP contribution in [-0.2, 0) is 23.9 Å². The van der Waals surface area contributed by atoms with Crippen LogP contribution in [0.3, 0.4) is 0 Å². The average Bonchev–Trinajstić information content (AvgIpc) is 2.64. The molecule has 0 bridgehead atoms. The Morgan fingerprint density at radius 1 is 1.16 bits per heavy atom. The van der Waals surface area contributed by atoms with Crippen molar-refractivity contribution in [3.8, 4) is 0 Å². The Labute approximate surface area is 150 Å². The predicted octanol–water partition coefficient (Wildman–Crippen LogP) is 1.40. The summed E-state index contributed by atoms with van der Waals surface area (Å²) in [6.45, 7) is 6.95. The predicted molar refractivity (Wildman–Crippen MR) is 93.8 cm³/mol. The third kappa shape index (κ3) is 6.65. The zero-order chi connectivity index (χ0) is 18.8. The van der Waals surface area contributed by atoms with Gasteiger partial charge in [0, 0.05) is 19.1 Å². The van der Waals surface area contributed by atoms with Gasteiger partial charge in [-0.2, -0.15) is 0 Å². The molecule has 1 saturated heterocycles. The molecule has 0 aromatic rings. The van der Waals surface area contributed by atoms with Crippen LogP contribution in [0.1, 0.15) is 52.9 Å². The number of hydrogen-bond acceptors (Lipinski definition) is 5. The quantitative estimate of drug-likeness (QED) is 0.609. The smallest absolute Gasteiger partial charge is 0.328 e. The van der Waals surface area contributed by atoms with Crippen molar-refractivity contribution in [2.24, 2.45) is 11.8 Å². The monoisotopic (exact) mass is 356 g/mol. The number of amides is 2. The van der Waals surface area contributed by atoms with Crippen molar-refractivity contribution >= 4 is 17.8 Å². The highest BCUT2D eigenvalue weighted by molar-refractivity contribution is 5.91. The molecule has 1 fully saturated rings. The number of methoxy groups -OCH3 is 1. The van der Waals surface area contributed by atoms with Gasteiger partial charge in [0.2, 0.25) is 11.8 Å². The lowest BCUT2D eigenvalue weighted by Gasteiger charge is -2.28. The van der Waals surface area contributed by atoms with E-state index in [9.17, 15) is 14.4 Å². The maximum absolute atomic E-state index is 12.7. The molecule has 3 atom stereocenters. The van der Waals surface area contributed by atoms with Gasteiger partial charge in [-0.25, -0.2) is 4.79 Å². The Morgan fingerprint density at radius 2 is 1.80 bits per heavy atom. The Balaban J connectivity index is 2.76. The molecule has 144 valence electrons. The minimum atomic E-state index is -0.686. The van der Waals surface area contributed by atoms with E-state index in [2.05, 4.69) is 10.6 Å². The van der Waals surface area contributed by atoms with Crippen molar-refractivity contribution in [3.63, 3.8) is 0 Å². The van der Waals surface area contributed by atoms with Gasteiger partial charge in [0.1, 0.15) is 12.1 Å². The second-order valence-electron chi connectivity index (χ2n) is 6.63. The van der Waals surface area contributed by atoms with E-state index in [-0.39, 0.29) is 23.7 Å². The molecule has 0 radical (unpaired) electrons. The van der Waals surface area contributed by atoms with E-state index in [4.69, 9.17) is 9.47 Å². The SMILES string of the molecule is CCC[C@H](NC(=O)[C@@H](NC(=O)C1CCOCC1)[C@@H](C)CC)C(=O)OC. The second-order valence-corrected chi connectivity index (χ2v) is 6.63. The number of nitrogens with one attached hydrogen (secondary N) is 2. The molecule has 2 amide bonds. The van der Waals surface area contributed by atoms with E-state index in [0.29, 0.717) is 32.5 Å². The third-order valence-corrected chi connectivity index (χ3v) is 4.76. The van der Waals surface area contributed by atoms with Gasteiger partial charge in [-0.3, -0.25) is 9.59 Å². The van der Waals surface area contributed by atoms with Crippen molar-refractivity contribution in [2.45, 2.75) is 65.0 Å². The number of rotatable bonds is 9. The molecular weight excluding hydrogens is 324 g/mol. The Hall–Kier alpha value is -1.63. The van der Waals surface area contributed by atoms with Gasteiger partial charge >= 0.3 is 5.97 Å². The Kier molecular flexibility index (Phi) is 9.49. The highest BCUT2D eigenvalue weighted by atomic mass is 16.5. The number of ether oxygens (including phenoxy) is 2. The maximum atomic E-state index is 12.7. The van der Waals surface area contributed by atoms with E-state index in [0.717, 1.165) is 12.8 Å². The van der Waals surface area contributed by atoms with E-state index in [1.165, 1.54) is 7.11 Å². The molecule has 0 saturated carbocycles. The fraction of sp³-hybridized carbons (Fsp3) is 0.833. The van der Waals surface area contributed by atoms with Crippen molar-refractivity contribution in [2.75, 3.05) is 20.3 Å². The molecule has 25 heavy (non-hydrogen) atoms. The summed E-state index contributed by atoms with van der Waals surface area (Å²) in [5, 5.41) is 5.62. The molecule has 0 aliphatic carbocycles. The summed E-state index contributed by atoms with van der Waals surface area (Å²) in [5.74, 6) is -1.08. The van der Waals surface area contributed by atoms with E-state index in [1.807, 2.05) is 20.8 Å². The van der Waals surface area contributed by atoms with Crippen LogP contribution in [0.25, 0.3) is 0 Å². The molecule has 1 heterocycles. The molecule has 1 rings (SSSR count). The Morgan fingerprint density at radius 3 is 2.32 bits per heavy atom. The van der Waals surface area contributed by atoms with Crippen LogP contribution < -0.4 is 10.6 Å². The normalized spacial score (nSPS) is 18.7. The average molecular weight is 356 g/mol. The topological polar surface area (TPSA) is 93.7 Å². The van der Waals surface area contributed by atoms with Gasteiger partial charge in [0.05, 0.1) is 7.11 Å². The lowest BCUT2D eigenvalue weighted by molar-refractivity contribution is -0.146. The van der Waals surface area contributed by atoms with Gasteiger partial charge in [-0.1, -0.05) is 33.6 Å². The first-order chi connectivity index (χ1) is 11.9. The zero-order valence-corrected chi connectivity index (χ0v) is 15.8. The number of hydrogen-bond donors (Lipinski definition) is 2. The Bertz CT molecular complexity index is 449. The molecule has 1 aliphatic rings. The van der Waals surface area contributed by atoms with Gasteiger partial charge in [-0.05, 0) is 25.2 Å². The lowest BCUT2D eigenvalue weighted by Crippen LogP contribution is -2.55. The van der Waals surface area contributed by atoms with Crippen LogP contribution in [0, 0.1) is 11.8 Å². The van der Waals surface area contributed by atoms with Gasteiger partial charge in [0.25, 0.3) is 0 Å². The lowest BCUT2D eigenvalue weighted by atomic mass is 9.94. The summed E-state index contributed by atoms with van der Waals surface area (Å²) in [4.78, 5) is 37.0. The first kappa shape index (κ1) is 21.4. The fourth-order valence-corrected chi connectivity index (χ4v) is 2.87. The molecule has 7 nitrogen and oxygen atoms in total. The minimum Gasteiger partial charge on any atom is -0.467 e. The summed E-state index contributed by atoms with van der Waals surface area (Å²) >= 11 is 0. The highest BCUT2D eigenvalue weighted by Gasteiger charge is 2.32. The summed E-state index contributed by atoms with van der Waals surface area (Å²) in [5.41, 5.74) is 0. The van der Waals surface area contributed by atoms with Crippen LogP contribution >= 0.6 is 0 Å².